The second-order valence-electron chi connectivity index (χ2n) is 6.72. The van der Waals surface area contributed by atoms with Gasteiger partial charge < -0.3 is 9.80 Å². The highest BCUT2D eigenvalue weighted by molar-refractivity contribution is 7.19. The minimum absolute atomic E-state index is 0.166. The van der Waals surface area contributed by atoms with Gasteiger partial charge in [-0.2, -0.15) is 0 Å². The van der Waals surface area contributed by atoms with Crippen molar-refractivity contribution in [3.8, 4) is 0 Å². The van der Waals surface area contributed by atoms with Gasteiger partial charge in [-0.15, -0.1) is 11.3 Å². The van der Waals surface area contributed by atoms with Crippen molar-refractivity contribution in [3.63, 3.8) is 0 Å². The third kappa shape index (κ3) is 2.59. The number of hydrogen-bond donors (Lipinski definition) is 0. The van der Waals surface area contributed by atoms with Crippen LogP contribution in [0.2, 0.25) is 0 Å². The number of carbonyl (C=O) groups is 1. The monoisotopic (exact) mass is 330 g/mol. The number of nitrogens with zero attached hydrogens (tertiary/aromatic N) is 4. The van der Waals surface area contributed by atoms with Gasteiger partial charge in [0, 0.05) is 38.0 Å². The molecule has 3 heterocycles. The van der Waals surface area contributed by atoms with E-state index in [1.807, 2.05) is 16.2 Å². The lowest BCUT2D eigenvalue weighted by Crippen LogP contribution is -2.48. The number of hydrogen-bond acceptors (Lipinski definition) is 5. The van der Waals surface area contributed by atoms with Crippen LogP contribution in [-0.4, -0.2) is 47.0 Å². The van der Waals surface area contributed by atoms with Crippen LogP contribution in [-0.2, 0) is 17.6 Å². The summed E-state index contributed by atoms with van der Waals surface area (Å²) in [6, 6.07) is 0. The van der Waals surface area contributed by atoms with E-state index in [-0.39, 0.29) is 5.91 Å². The number of carbonyl (C=O) groups excluding carboxylic acids is 1. The normalized spacial score (nSPS) is 21.6. The lowest BCUT2D eigenvalue weighted by Gasteiger charge is -2.35. The molecule has 2 aromatic rings. The van der Waals surface area contributed by atoms with Gasteiger partial charge in [0.15, 0.2) is 0 Å². The number of aromatic nitrogens is 2. The van der Waals surface area contributed by atoms with Gasteiger partial charge in [-0.25, -0.2) is 9.97 Å². The summed E-state index contributed by atoms with van der Waals surface area (Å²) < 4.78 is 0. The summed E-state index contributed by atoms with van der Waals surface area (Å²) in [6.45, 7) is 7.25. The highest BCUT2D eigenvalue weighted by Gasteiger charge is 2.26. The van der Waals surface area contributed by atoms with Crippen LogP contribution >= 0.6 is 11.3 Å². The van der Waals surface area contributed by atoms with Crippen LogP contribution in [0, 0.1) is 5.92 Å². The molecule has 1 fully saturated rings. The molecule has 1 saturated heterocycles. The molecular formula is C17H22N4OS. The molecule has 1 aliphatic heterocycles. The summed E-state index contributed by atoms with van der Waals surface area (Å²) in [5.41, 5.74) is 1.48. The number of aryl methyl sites for hydroxylation is 1. The predicted molar refractivity (Wildman–Crippen MR) is 93.1 cm³/mol. The van der Waals surface area contributed by atoms with E-state index in [2.05, 4.69) is 21.8 Å². The van der Waals surface area contributed by atoms with Gasteiger partial charge in [0.1, 0.15) is 17.0 Å². The third-order valence-corrected chi connectivity index (χ3v) is 6.26. The number of piperazine rings is 1. The topological polar surface area (TPSA) is 49.3 Å². The molecule has 0 bridgehead atoms. The summed E-state index contributed by atoms with van der Waals surface area (Å²) in [7, 11) is 0. The van der Waals surface area contributed by atoms with Crippen LogP contribution in [0.3, 0.4) is 0 Å². The Kier molecular flexibility index (Phi) is 3.71. The zero-order chi connectivity index (χ0) is 16.0. The van der Waals surface area contributed by atoms with Crippen LogP contribution < -0.4 is 4.90 Å². The molecule has 4 rings (SSSR count). The standard InChI is InChI=1S/C17H22N4OS/c1-11-3-4-13-14(9-11)23-17-15(13)16(18-10-19-17)21-7-5-20(6-8-21)12(2)22/h10-11H,3-9H2,1-2H3. The summed E-state index contributed by atoms with van der Waals surface area (Å²) >= 11 is 1.84. The van der Waals surface area contributed by atoms with Crippen LogP contribution in [0.5, 0.6) is 0 Å². The molecule has 1 unspecified atom stereocenters. The van der Waals surface area contributed by atoms with E-state index in [1.54, 1.807) is 13.3 Å². The van der Waals surface area contributed by atoms with Gasteiger partial charge in [0.2, 0.25) is 5.91 Å². The molecule has 23 heavy (non-hydrogen) atoms. The van der Waals surface area contributed by atoms with Crippen molar-refractivity contribution >= 4 is 33.3 Å². The summed E-state index contributed by atoms with van der Waals surface area (Å²) in [6.07, 6.45) is 5.27. The minimum Gasteiger partial charge on any atom is -0.352 e. The van der Waals surface area contributed by atoms with Gasteiger partial charge >= 0.3 is 0 Å². The molecule has 0 N–H and O–H groups in total. The van der Waals surface area contributed by atoms with Crippen molar-refractivity contribution in [2.45, 2.75) is 33.1 Å². The van der Waals surface area contributed by atoms with E-state index in [4.69, 9.17) is 0 Å². The first-order valence-electron chi connectivity index (χ1n) is 8.39. The number of fused-ring (bicyclic) bond motifs is 3. The second kappa shape index (κ2) is 5.74. The van der Waals surface area contributed by atoms with Crippen LogP contribution in [0.1, 0.15) is 30.7 Å². The fourth-order valence-corrected chi connectivity index (χ4v) is 5.08. The molecule has 122 valence electrons. The first-order chi connectivity index (χ1) is 11.1. The quantitative estimate of drug-likeness (QED) is 0.806. The van der Waals surface area contributed by atoms with Crippen molar-refractivity contribution in [1.29, 1.82) is 0 Å². The molecule has 5 nitrogen and oxygen atoms in total. The molecule has 0 saturated carbocycles. The number of rotatable bonds is 1. The Morgan fingerprint density at radius 2 is 2.04 bits per heavy atom. The fraction of sp³-hybridized carbons (Fsp3) is 0.588. The maximum atomic E-state index is 11.5. The minimum atomic E-state index is 0.166. The molecule has 0 radical (unpaired) electrons. The van der Waals surface area contributed by atoms with E-state index >= 15 is 0 Å². The summed E-state index contributed by atoms with van der Waals surface area (Å²) in [4.78, 5) is 27.5. The van der Waals surface area contributed by atoms with E-state index in [1.165, 1.54) is 28.7 Å². The van der Waals surface area contributed by atoms with E-state index < -0.39 is 0 Å². The summed E-state index contributed by atoms with van der Waals surface area (Å²) in [5, 5.41) is 1.27. The predicted octanol–water partition coefficient (Wildman–Crippen LogP) is 2.48. The molecule has 0 spiro atoms. The Balaban J connectivity index is 1.69. The fourth-order valence-electron chi connectivity index (χ4n) is 3.73. The van der Waals surface area contributed by atoms with Crippen molar-refractivity contribution in [2.75, 3.05) is 31.1 Å². The zero-order valence-corrected chi connectivity index (χ0v) is 14.5. The Labute approximate surface area is 140 Å². The Morgan fingerprint density at radius 3 is 2.78 bits per heavy atom. The van der Waals surface area contributed by atoms with Gasteiger partial charge in [0.25, 0.3) is 0 Å². The molecule has 2 aliphatic rings. The molecule has 2 aromatic heterocycles. The number of amides is 1. The smallest absolute Gasteiger partial charge is 0.219 e. The van der Waals surface area contributed by atoms with E-state index in [9.17, 15) is 4.79 Å². The van der Waals surface area contributed by atoms with Crippen molar-refractivity contribution in [2.24, 2.45) is 5.92 Å². The first kappa shape index (κ1) is 14.9. The SMILES string of the molecule is CC(=O)N1CCN(c2ncnc3sc4c(c23)CCC(C)C4)CC1. The Morgan fingerprint density at radius 1 is 1.26 bits per heavy atom. The molecular weight excluding hydrogens is 308 g/mol. The van der Waals surface area contributed by atoms with Crippen molar-refractivity contribution in [3.05, 3.63) is 16.8 Å². The van der Waals surface area contributed by atoms with E-state index in [0.717, 1.165) is 49.2 Å². The summed E-state index contributed by atoms with van der Waals surface area (Å²) in [5.74, 6) is 2.01. The van der Waals surface area contributed by atoms with Crippen LogP contribution in [0.25, 0.3) is 10.2 Å². The lowest BCUT2D eigenvalue weighted by atomic mass is 9.89. The van der Waals surface area contributed by atoms with Gasteiger partial charge in [0.05, 0.1) is 5.39 Å². The average Bonchev–Trinajstić information content (AvgIpc) is 2.92. The maximum Gasteiger partial charge on any atom is 0.219 e. The van der Waals surface area contributed by atoms with E-state index in [0.29, 0.717) is 0 Å². The first-order valence-corrected chi connectivity index (χ1v) is 9.21. The second-order valence-corrected chi connectivity index (χ2v) is 7.81. The Bertz CT molecular complexity index is 748. The van der Waals surface area contributed by atoms with Gasteiger partial charge in [-0.05, 0) is 30.7 Å². The van der Waals surface area contributed by atoms with Crippen LogP contribution in [0.15, 0.2) is 6.33 Å². The highest BCUT2D eigenvalue weighted by Crippen LogP contribution is 2.40. The molecule has 0 aromatic carbocycles. The number of thiophene rings is 1. The van der Waals surface area contributed by atoms with Gasteiger partial charge in [-0.3, -0.25) is 4.79 Å². The zero-order valence-electron chi connectivity index (χ0n) is 13.7. The molecule has 1 atom stereocenters. The number of anilines is 1. The molecule has 1 aliphatic carbocycles. The van der Waals surface area contributed by atoms with Gasteiger partial charge in [-0.1, -0.05) is 6.92 Å². The Hall–Kier alpha value is -1.69. The van der Waals surface area contributed by atoms with Crippen molar-refractivity contribution < 1.29 is 4.79 Å². The third-order valence-electron chi connectivity index (χ3n) is 5.10. The maximum absolute atomic E-state index is 11.5. The lowest BCUT2D eigenvalue weighted by molar-refractivity contribution is -0.129. The van der Waals surface area contributed by atoms with Crippen LogP contribution in [0.4, 0.5) is 5.82 Å². The average molecular weight is 330 g/mol. The largest absolute Gasteiger partial charge is 0.352 e. The molecule has 6 heteroatoms. The molecule has 1 amide bonds. The highest BCUT2D eigenvalue weighted by atomic mass is 32.1. The van der Waals surface area contributed by atoms with Crippen molar-refractivity contribution in [1.82, 2.24) is 14.9 Å².